The van der Waals surface area contributed by atoms with Gasteiger partial charge >= 0.3 is 0 Å². The first-order chi connectivity index (χ1) is 18.2. The monoisotopic (exact) mass is 593 g/mol. The molecule has 0 spiro atoms. The van der Waals surface area contributed by atoms with E-state index in [2.05, 4.69) is 5.32 Å². The van der Waals surface area contributed by atoms with E-state index in [4.69, 9.17) is 23.2 Å². The summed E-state index contributed by atoms with van der Waals surface area (Å²) >= 11 is 12.4. The van der Waals surface area contributed by atoms with Crippen LogP contribution in [0.5, 0.6) is 0 Å². The molecule has 0 aliphatic rings. The summed E-state index contributed by atoms with van der Waals surface area (Å²) in [6.45, 7) is 6.03. The Morgan fingerprint density at radius 3 is 2.18 bits per heavy atom. The number of carbonyl (C=O) groups is 2. The summed E-state index contributed by atoms with van der Waals surface area (Å²) in [5, 5.41) is 3.49. The lowest BCUT2D eigenvalue weighted by Gasteiger charge is -2.33. The van der Waals surface area contributed by atoms with E-state index in [0.29, 0.717) is 14.9 Å². The van der Waals surface area contributed by atoms with E-state index in [1.807, 2.05) is 0 Å². The summed E-state index contributed by atoms with van der Waals surface area (Å²) in [6.07, 6.45) is 0. The van der Waals surface area contributed by atoms with Gasteiger partial charge in [-0.1, -0.05) is 59.6 Å². The molecule has 0 radical (unpaired) electrons. The summed E-state index contributed by atoms with van der Waals surface area (Å²) in [5.41, 5.74) is -0.396. The number of nitrogens with one attached hydrogen (secondary N) is 1. The SMILES string of the molecule is C[C@H](C(=O)NC(C)(C)C)N(Cc1ccc(Cl)cc1Cl)C(=O)CN(c1ccccc1F)S(=O)(=O)c1ccccc1. The van der Waals surface area contributed by atoms with Crippen LogP contribution < -0.4 is 9.62 Å². The average Bonchev–Trinajstić information content (AvgIpc) is 2.86. The van der Waals surface area contributed by atoms with Gasteiger partial charge in [0.15, 0.2) is 0 Å². The standard InChI is InChI=1S/C28H30Cl2FN3O4S/c1-19(27(36)32-28(2,3)4)33(17-20-14-15-21(29)16-23(20)30)26(35)18-34(25-13-9-8-12-24(25)31)39(37,38)22-10-6-5-7-11-22/h5-16,19H,17-18H2,1-4H3,(H,32,36)/t19-/m1/s1. The fourth-order valence-electron chi connectivity index (χ4n) is 3.78. The lowest BCUT2D eigenvalue weighted by molar-refractivity contribution is -0.140. The number of anilines is 1. The molecule has 3 rings (SSSR count). The summed E-state index contributed by atoms with van der Waals surface area (Å²) in [6, 6.07) is 16.4. The van der Waals surface area contributed by atoms with Crippen LogP contribution in [-0.4, -0.2) is 43.3 Å². The van der Waals surface area contributed by atoms with Gasteiger partial charge in [0.1, 0.15) is 18.4 Å². The van der Waals surface area contributed by atoms with Crippen LogP contribution in [0.25, 0.3) is 0 Å². The molecule has 208 valence electrons. The van der Waals surface area contributed by atoms with Crippen LogP contribution in [0.15, 0.2) is 77.7 Å². The number of nitrogens with zero attached hydrogens (tertiary/aromatic N) is 2. The maximum Gasteiger partial charge on any atom is 0.264 e. The highest BCUT2D eigenvalue weighted by Gasteiger charge is 2.34. The molecule has 0 aliphatic heterocycles. The highest BCUT2D eigenvalue weighted by molar-refractivity contribution is 7.92. The minimum Gasteiger partial charge on any atom is -0.350 e. The van der Waals surface area contributed by atoms with Crippen LogP contribution in [0.1, 0.15) is 33.3 Å². The number of carbonyl (C=O) groups excluding carboxylic acids is 2. The third-order valence-electron chi connectivity index (χ3n) is 5.75. The molecule has 0 aliphatic carbocycles. The van der Waals surface area contributed by atoms with Crippen molar-refractivity contribution >= 4 is 50.7 Å². The lowest BCUT2D eigenvalue weighted by atomic mass is 10.1. The molecule has 1 N–H and O–H groups in total. The Morgan fingerprint density at radius 2 is 1.59 bits per heavy atom. The smallest absolute Gasteiger partial charge is 0.264 e. The second-order valence-corrected chi connectivity index (χ2v) is 12.7. The Morgan fingerprint density at radius 1 is 0.974 bits per heavy atom. The Hall–Kier alpha value is -3.14. The molecule has 2 amide bonds. The lowest BCUT2D eigenvalue weighted by Crippen LogP contribution is -2.54. The number of hydrogen-bond acceptors (Lipinski definition) is 4. The number of hydrogen-bond donors (Lipinski definition) is 1. The van der Waals surface area contributed by atoms with Crippen molar-refractivity contribution in [2.45, 2.75) is 50.7 Å². The summed E-state index contributed by atoms with van der Waals surface area (Å²) in [7, 11) is -4.36. The van der Waals surface area contributed by atoms with E-state index in [9.17, 15) is 22.4 Å². The molecule has 3 aromatic rings. The molecular formula is C28H30Cl2FN3O4S. The third kappa shape index (κ3) is 7.71. The van der Waals surface area contributed by atoms with Gasteiger partial charge in [-0.2, -0.15) is 0 Å². The first-order valence-corrected chi connectivity index (χ1v) is 14.3. The van der Waals surface area contributed by atoms with Crippen molar-refractivity contribution in [1.29, 1.82) is 0 Å². The minimum absolute atomic E-state index is 0.119. The van der Waals surface area contributed by atoms with E-state index in [0.717, 1.165) is 6.07 Å². The zero-order valence-corrected chi connectivity index (χ0v) is 24.3. The molecule has 0 heterocycles. The van der Waals surface area contributed by atoms with Gasteiger partial charge in [-0.15, -0.1) is 0 Å². The molecule has 0 saturated heterocycles. The first kappa shape index (κ1) is 30.4. The van der Waals surface area contributed by atoms with Crippen molar-refractivity contribution in [3.63, 3.8) is 0 Å². The van der Waals surface area contributed by atoms with Crippen LogP contribution in [-0.2, 0) is 26.2 Å². The van der Waals surface area contributed by atoms with Crippen LogP contribution in [0.4, 0.5) is 10.1 Å². The van der Waals surface area contributed by atoms with E-state index >= 15 is 0 Å². The average molecular weight is 595 g/mol. The molecular weight excluding hydrogens is 564 g/mol. The zero-order valence-electron chi connectivity index (χ0n) is 22.0. The molecule has 0 fully saturated rings. The molecule has 11 heteroatoms. The van der Waals surface area contributed by atoms with Gasteiger partial charge in [0.2, 0.25) is 11.8 Å². The third-order valence-corrected chi connectivity index (χ3v) is 8.11. The van der Waals surface area contributed by atoms with Gasteiger partial charge in [0, 0.05) is 22.1 Å². The molecule has 1 atom stereocenters. The van der Waals surface area contributed by atoms with E-state index in [1.165, 1.54) is 60.4 Å². The van der Waals surface area contributed by atoms with Crippen molar-refractivity contribution in [2.24, 2.45) is 0 Å². The van der Waals surface area contributed by atoms with E-state index in [1.54, 1.807) is 39.0 Å². The molecule has 0 saturated carbocycles. The van der Waals surface area contributed by atoms with Crippen molar-refractivity contribution in [3.8, 4) is 0 Å². The summed E-state index contributed by atoms with van der Waals surface area (Å²) < 4.78 is 43.0. The van der Waals surface area contributed by atoms with Crippen molar-refractivity contribution in [1.82, 2.24) is 10.2 Å². The largest absolute Gasteiger partial charge is 0.350 e. The van der Waals surface area contributed by atoms with Gasteiger partial charge in [0.05, 0.1) is 10.6 Å². The molecule has 39 heavy (non-hydrogen) atoms. The Bertz CT molecular complexity index is 1450. The van der Waals surface area contributed by atoms with Gasteiger partial charge in [-0.05, 0) is 69.7 Å². The molecule has 7 nitrogen and oxygen atoms in total. The number of amides is 2. The maximum atomic E-state index is 14.9. The second kappa shape index (κ2) is 12.4. The van der Waals surface area contributed by atoms with E-state index in [-0.39, 0.29) is 22.2 Å². The molecule has 3 aromatic carbocycles. The Labute approximate surface area is 238 Å². The topological polar surface area (TPSA) is 86.8 Å². The van der Waals surface area contributed by atoms with Crippen LogP contribution in [0.3, 0.4) is 0 Å². The first-order valence-electron chi connectivity index (χ1n) is 12.1. The zero-order chi connectivity index (χ0) is 29.0. The predicted molar refractivity (Wildman–Crippen MR) is 152 cm³/mol. The van der Waals surface area contributed by atoms with Crippen LogP contribution in [0.2, 0.25) is 10.0 Å². The van der Waals surface area contributed by atoms with Crippen LogP contribution in [0, 0.1) is 5.82 Å². The fourth-order valence-corrected chi connectivity index (χ4v) is 5.69. The van der Waals surface area contributed by atoms with E-state index < -0.39 is 45.8 Å². The number of rotatable bonds is 9. The number of para-hydroxylation sites is 1. The van der Waals surface area contributed by atoms with Gasteiger partial charge in [-0.3, -0.25) is 13.9 Å². The van der Waals surface area contributed by atoms with Gasteiger partial charge in [-0.25, -0.2) is 12.8 Å². The van der Waals surface area contributed by atoms with Crippen LogP contribution >= 0.6 is 23.2 Å². The Kier molecular flexibility index (Phi) is 9.64. The van der Waals surface area contributed by atoms with Gasteiger partial charge in [0.25, 0.3) is 10.0 Å². The minimum atomic E-state index is -4.36. The predicted octanol–water partition coefficient (Wildman–Crippen LogP) is 5.66. The molecule has 0 bridgehead atoms. The maximum absolute atomic E-state index is 14.9. The quantitative estimate of drug-likeness (QED) is 0.347. The van der Waals surface area contributed by atoms with Crippen molar-refractivity contribution in [2.75, 3.05) is 10.8 Å². The number of halogens is 3. The summed E-state index contributed by atoms with van der Waals surface area (Å²) in [5.74, 6) is -2.01. The van der Waals surface area contributed by atoms with Crippen molar-refractivity contribution in [3.05, 3.63) is 94.2 Å². The molecule has 0 unspecified atom stereocenters. The highest BCUT2D eigenvalue weighted by atomic mass is 35.5. The highest BCUT2D eigenvalue weighted by Crippen LogP contribution is 2.28. The molecule has 0 aromatic heterocycles. The normalized spacial score (nSPS) is 12.5. The number of sulfonamides is 1. The fraction of sp³-hybridized carbons (Fsp3) is 0.286. The summed E-state index contributed by atoms with van der Waals surface area (Å²) in [4.78, 5) is 28.1. The Balaban J connectivity index is 2.06. The van der Waals surface area contributed by atoms with Gasteiger partial charge < -0.3 is 10.2 Å². The number of benzene rings is 3. The second-order valence-electron chi connectivity index (χ2n) is 9.95. The van der Waals surface area contributed by atoms with Crippen molar-refractivity contribution < 1.29 is 22.4 Å².